The predicted octanol–water partition coefficient (Wildman–Crippen LogP) is 5.36. The predicted molar refractivity (Wildman–Crippen MR) is 118 cm³/mol. The van der Waals surface area contributed by atoms with Crippen LogP contribution in [0.1, 0.15) is 83.0 Å². The van der Waals surface area contributed by atoms with Crippen molar-refractivity contribution in [3.8, 4) is 5.75 Å². The van der Waals surface area contributed by atoms with Gasteiger partial charge >= 0.3 is 5.97 Å². The van der Waals surface area contributed by atoms with E-state index in [4.69, 9.17) is 14.2 Å². The van der Waals surface area contributed by atoms with Gasteiger partial charge in [0.2, 0.25) is 0 Å². The van der Waals surface area contributed by atoms with Gasteiger partial charge < -0.3 is 19.5 Å². The van der Waals surface area contributed by atoms with E-state index in [0.29, 0.717) is 49.0 Å². The minimum Gasteiger partial charge on any atom is -0.493 e. The number of hydrogen-bond donors (Lipinski definition) is 1. The van der Waals surface area contributed by atoms with Gasteiger partial charge in [-0.15, -0.1) is 0 Å². The summed E-state index contributed by atoms with van der Waals surface area (Å²) in [6, 6.07) is 5.12. The molecule has 1 aliphatic rings. The Balaban J connectivity index is 2.23. The number of hydrogen-bond acceptors (Lipinski definition) is 5. The Morgan fingerprint density at radius 1 is 1.17 bits per heavy atom. The zero-order valence-corrected chi connectivity index (χ0v) is 18.9. The number of carbonyl (C=O) groups excluding carboxylic acids is 2. The zero-order valence-electron chi connectivity index (χ0n) is 18.9. The van der Waals surface area contributed by atoms with E-state index in [0.717, 1.165) is 32.1 Å². The SMILES string of the molecule is CCCCOc1ccc(NC(=O)[C@@]2(OCCC)CCC[C@@H](C)C2)cc1C(=O)OCC. The van der Waals surface area contributed by atoms with Crippen molar-refractivity contribution in [3.63, 3.8) is 0 Å². The average molecular weight is 420 g/mol. The summed E-state index contributed by atoms with van der Waals surface area (Å²) < 4.78 is 17.1. The number of rotatable bonds is 11. The fraction of sp³-hybridized carbons (Fsp3) is 0.667. The highest BCUT2D eigenvalue weighted by Crippen LogP contribution is 2.36. The molecule has 1 amide bonds. The van der Waals surface area contributed by atoms with Crippen LogP contribution in [0.4, 0.5) is 5.69 Å². The van der Waals surface area contributed by atoms with Crippen molar-refractivity contribution in [2.75, 3.05) is 25.1 Å². The summed E-state index contributed by atoms with van der Waals surface area (Å²) in [6.07, 6.45) is 6.27. The number of unbranched alkanes of at least 4 members (excludes halogenated alkanes) is 1. The maximum atomic E-state index is 13.3. The van der Waals surface area contributed by atoms with Crippen LogP contribution >= 0.6 is 0 Å². The van der Waals surface area contributed by atoms with Crippen molar-refractivity contribution in [1.29, 1.82) is 0 Å². The topological polar surface area (TPSA) is 73.9 Å². The Bertz CT molecular complexity index is 705. The molecule has 1 aliphatic carbocycles. The lowest BCUT2D eigenvalue weighted by molar-refractivity contribution is -0.148. The van der Waals surface area contributed by atoms with Crippen LogP contribution in [-0.4, -0.2) is 37.3 Å². The van der Waals surface area contributed by atoms with Gasteiger partial charge in [-0.2, -0.15) is 0 Å². The van der Waals surface area contributed by atoms with Crippen LogP contribution < -0.4 is 10.1 Å². The van der Waals surface area contributed by atoms with Crippen LogP contribution in [0.25, 0.3) is 0 Å². The van der Waals surface area contributed by atoms with Crippen LogP contribution in [-0.2, 0) is 14.3 Å². The lowest BCUT2D eigenvalue weighted by Gasteiger charge is -2.38. The molecule has 1 saturated carbocycles. The molecule has 0 radical (unpaired) electrons. The Labute approximate surface area is 180 Å². The third kappa shape index (κ3) is 6.46. The number of anilines is 1. The molecule has 0 heterocycles. The molecule has 0 spiro atoms. The Kier molecular flexibility index (Phi) is 9.63. The fourth-order valence-electron chi connectivity index (χ4n) is 3.88. The van der Waals surface area contributed by atoms with Gasteiger partial charge in [0.05, 0.1) is 13.2 Å². The quantitative estimate of drug-likeness (QED) is 0.386. The third-order valence-electron chi connectivity index (χ3n) is 5.44. The largest absolute Gasteiger partial charge is 0.493 e. The Morgan fingerprint density at radius 3 is 2.63 bits per heavy atom. The van der Waals surface area contributed by atoms with Crippen LogP contribution in [0.15, 0.2) is 18.2 Å². The highest BCUT2D eigenvalue weighted by Gasteiger charge is 2.42. The molecule has 30 heavy (non-hydrogen) atoms. The van der Waals surface area contributed by atoms with Crippen LogP contribution in [0.3, 0.4) is 0 Å². The molecule has 6 nitrogen and oxygen atoms in total. The smallest absolute Gasteiger partial charge is 0.341 e. The van der Waals surface area contributed by atoms with Gasteiger partial charge in [-0.1, -0.05) is 33.6 Å². The molecule has 1 fully saturated rings. The fourth-order valence-corrected chi connectivity index (χ4v) is 3.88. The van der Waals surface area contributed by atoms with E-state index in [9.17, 15) is 9.59 Å². The van der Waals surface area contributed by atoms with Crippen molar-refractivity contribution in [2.24, 2.45) is 5.92 Å². The second-order valence-electron chi connectivity index (χ2n) is 8.13. The molecular formula is C24H37NO5. The standard InChI is InChI=1S/C24H37NO5/c1-5-8-15-29-21-12-11-19(16-20(21)22(26)28-7-3)25-23(27)24(30-14-6-2)13-9-10-18(4)17-24/h11-12,16,18H,5-10,13-15,17H2,1-4H3,(H,25,27)/t18-,24-/m1/s1. The molecule has 6 heteroatoms. The summed E-state index contributed by atoms with van der Waals surface area (Å²) in [5.74, 6) is 0.314. The van der Waals surface area contributed by atoms with E-state index in [1.165, 1.54) is 0 Å². The third-order valence-corrected chi connectivity index (χ3v) is 5.44. The molecule has 1 aromatic carbocycles. The van der Waals surface area contributed by atoms with Crippen molar-refractivity contribution >= 4 is 17.6 Å². The first-order valence-corrected chi connectivity index (χ1v) is 11.3. The van der Waals surface area contributed by atoms with Gasteiger partial charge in [-0.25, -0.2) is 4.79 Å². The average Bonchev–Trinajstić information content (AvgIpc) is 2.73. The maximum Gasteiger partial charge on any atom is 0.341 e. The van der Waals surface area contributed by atoms with Crippen LogP contribution in [0.5, 0.6) is 5.75 Å². The van der Waals surface area contributed by atoms with Crippen molar-refractivity contribution in [3.05, 3.63) is 23.8 Å². The number of ether oxygens (including phenoxy) is 3. The van der Waals surface area contributed by atoms with E-state index >= 15 is 0 Å². The van der Waals surface area contributed by atoms with Crippen LogP contribution in [0.2, 0.25) is 0 Å². The first-order valence-electron chi connectivity index (χ1n) is 11.3. The normalized spacial score (nSPS) is 21.1. The minimum absolute atomic E-state index is 0.142. The highest BCUT2D eigenvalue weighted by molar-refractivity contribution is 5.99. The van der Waals surface area contributed by atoms with E-state index in [1.54, 1.807) is 25.1 Å². The molecule has 2 rings (SSSR count). The molecule has 0 saturated heterocycles. The zero-order chi connectivity index (χ0) is 22.0. The summed E-state index contributed by atoms with van der Waals surface area (Å²) in [4.78, 5) is 25.7. The summed E-state index contributed by atoms with van der Waals surface area (Å²) in [7, 11) is 0. The lowest BCUT2D eigenvalue weighted by atomic mass is 9.78. The summed E-state index contributed by atoms with van der Waals surface area (Å²) in [6.45, 7) is 9.41. The molecular weight excluding hydrogens is 382 g/mol. The van der Waals surface area contributed by atoms with Crippen molar-refractivity contribution in [1.82, 2.24) is 0 Å². The number of esters is 1. The summed E-state index contributed by atoms with van der Waals surface area (Å²) in [5.41, 5.74) is 0.0588. The molecule has 0 unspecified atom stereocenters. The van der Waals surface area contributed by atoms with Gasteiger partial charge in [-0.3, -0.25) is 4.79 Å². The number of benzene rings is 1. The monoisotopic (exact) mass is 419 g/mol. The summed E-state index contributed by atoms with van der Waals surface area (Å²) >= 11 is 0. The van der Waals surface area contributed by atoms with E-state index < -0.39 is 11.6 Å². The molecule has 0 bridgehead atoms. The molecule has 0 aromatic heterocycles. The minimum atomic E-state index is -0.811. The van der Waals surface area contributed by atoms with Crippen molar-refractivity contribution in [2.45, 2.75) is 78.2 Å². The number of amides is 1. The number of nitrogens with one attached hydrogen (secondary N) is 1. The van der Waals surface area contributed by atoms with Gasteiger partial charge in [0.15, 0.2) is 0 Å². The lowest BCUT2D eigenvalue weighted by Crippen LogP contribution is -2.48. The maximum absolute atomic E-state index is 13.3. The van der Waals surface area contributed by atoms with E-state index in [1.807, 2.05) is 6.92 Å². The second kappa shape index (κ2) is 11.9. The second-order valence-corrected chi connectivity index (χ2v) is 8.13. The van der Waals surface area contributed by atoms with Gasteiger partial charge in [0.25, 0.3) is 5.91 Å². The number of carbonyl (C=O) groups is 2. The molecule has 168 valence electrons. The van der Waals surface area contributed by atoms with Gasteiger partial charge in [-0.05, 0) is 63.1 Å². The first kappa shape index (κ1) is 24.2. The Hall–Kier alpha value is -2.08. The summed E-state index contributed by atoms with van der Waals surface area (Å²) in [5, 5.41) is 2.99. The van der Waals surface area contributed by atoms with E-state index in [2.05, 4.69) is 19.2 Å². The van der Waals surface area contributed by atoms with E-state index in [-0.39, 0.29) is 12.5 Å². The molecule has 1 N–H and O–H groups in total. The van der Waals surface area contributed by atoms with Crippen molar-refractivity contribution < 1.29 is 23.8 Å². The van der Waals surface area contributed by atoms with Gasteiger partial charge in [0, 0.05) is 12.3 Å². The first-order chi connectivity index (χ1) is 14.5. The molecule has 1 aromatic rings. The molecule has 2 atom stereocenters. The molecule has 0 aliphatic heterocycles. The van der Waals surface area contributed by atoms with Gasteiger partial charge in [0.1, 0.15) is 16.9 Å². The Morgan fingerprint density at radius 2 is 1.97 bits per heavy atom. The van der Waals surface area contributed by atoms with Crippen LogP contribution in [0, 0.1) is 5.92 Å². The highest BCUT2D eigenvalue weighted by atomic mass is 16.5.